The third-order valence-electron chi connectivity index (χ3n) is 4.85. The summed E-state index contributed by atoms with van der Waals surface area (Å²) < 4.78 is 1.96. The number of nitrogens with zero attached hydrogens (tertiary/aromatic N) is 4. The number of rotatable bonds is 4. The normalized spacial score (nSPS) is 15.0. The van der Waals surface area contributed by atoms with Crippen molar-refractivity contribution in [3.05, 3.63) is 47.8 Å². The first-order chi connectivity index (χ1) is 12.5. The van der Waals surface area contributed by atoms with Crippen LogP contribution in [-0.2, 0) is 7.05 Å². The minimum absolute atomic E-state index is 0.0693. The maximum atomic E-state index is 12.5. The fraction of sp³-hybridized carbons (Fsp3) is 0.368. The zero-order chi connectivity index (χ0) is 18.3. The van der Waals surface area contributed by atoms with Gasteiger partial charge >= 0.3 is 6.03 Å². The molecule has 1 aliphatic carbocycles. The Bertz CT molecular complexity index is 975. The number of aromatic nitrogens is 4. The van der Waals surface area contributed by atoms with Crippen molar-refractivity contribution in [1.29, 1.82) is 0 Å². The highest BCUT2D eigenvalue weighted by atomic mass is 16.2. The molecule has 1 aromatic carbocycles. The van der Waals surface area contributed by atoms with E-state index in [9.17, 15) is 4.79 Å². The van der Waals surface area contributed by atoms with Crippen LogP contribution in [0.1, 0.15) is 36.1 Å². The minimum atomic E-state index is -0.235. The number of fused-ring (bicyclic) bond motifs is 1. The van der Waals surface area contributed by atoms with E-state index in [0.717, 1.165) is 41.1 Å². The molecule has 2 aromatic heterocycles. The van der Waals surface area contributed by atoms with E-state index in [1.807, 2.05) is 49.9 Å². The van der Waals surface area contributed by atoms with Crippen molar-refractivity contribution in [2.75, 3.05) is 5.32 Å². The van der Waals surface area contributed by atoms with Gasteiger partial charge in [-0.3, -0.25) is 0 Å². The molecule has 0 bridgehead atoms. The van der Waals surface area contributed by atoms with E-state index in [0.29, 0.717) is 11.6 Å². The highest BCUT2D eigenvalue weighted by Crippen LogP contribution is 2.40. The van der Waals surface area contributed by atoms with Crippen molar-refractivity contribution in [2.45, 2.75) is 32.7 Å². The van der Waals surface area contributed by atoms with E-state index < -0.39 is 0 Å². The quantitative estimate of drug-likeness (QED) is 0.756. The number of aryl methyl sites for hydroxylation is 3. The van der Waals surface area contributed by atoms with Gasteiger partial charge in [-0.1, -0.05) is 0 Å². The van der Waals surface area contributed by atoms with Crippen LogP contribution in [0.25, 0.3) is 11.0 Å². The van der Waals surface area contributed by atoms with Crippen molar-refractivity contribution < 1.29 is 4.79 Å². The zero-order valence-corrected chi connectivity index (χ0v) is 15.2. The maximum absolute atomic E-state index is 12.5. The van der Waals surface area contributed by atoms with Gasteiger partial charge in [-0.2, -0.15) is 0 Å². The SMILES string of the molecule is Cc1nc2ccc(NC(=O)N[C@H](c3nccn3C)C3CC3)cc2nc1C. The number of nitrogens with one attached hydrogen (secondary N) is 2. The maximum Gasteiger partial charge on any atom is 0.319 e. The molecule has 7 heteroatoms. The topological polar surface area (TPSA) is 84.7 Å². The Morgan fingerprint density at radius 3 is 2.58 bits per heavy atom. The van der Waals surface area contributed by atoms with Crippen LogP contribution >= 0.6 is 0 Å². The number of benzene rings is 1. The predicted octanol–water partition coefficient (Wildman–Crippen LogP) is 3.25. The predicted molar refractivity (Wildman–Crippen MR) is 99.8 cm³/mol. The minimum Gasteiger partial charge on any atom is -0.336 e. The van der Waals surface area contributed by atoms with E-state index in [1.165, 1.54) is 0 Å². The van der Waals surface area contributed by atoms with Crippen LogP contribution in [0.5, 0.6) is 0 Å². The van der Waals surface area contributed by atoms with Gasteiger partial charge in [0.25, 0.3) is 0 Å². The second-order valence-corrected chi connectivity index (χ2v) is 6.91. The van der Waals surface area contributed by atoms with Crippen LogP contribution in [0.3, 0.4) is 0 Å². The molecule has 1 aliphatic rings. The molecule has 0 spiro atoms. The second kappa shape index (κ2) is 6.40. The molecule has 7 nitrogen and oxygen atoms in total. The molecule has 1 saturated carbocycles. The van der Waals surface area contributed by atoms with Crippen molar-refractivity contribution in [3.8, 4) is 0 Å². The third kappa shape index (κ3) is 3.24. The highest BCUT2D eigenvalue weighted by Gasteiger charge is 2.35. The first kappa shape index (κ1) is 16.5. The summed E-state index contributed by atoms with van der Waals surface area (Å²) in [5.74, 6) is 1.34. The Hall–Kier alpha value is -2.96. The number of anilines is 1. The average Bonchev–Trinajstić information content (AvgIpc) is 3.35. The summed E-state index contributed by atoms with van der Waals surface area (Å²) in [7, 11) is 1.95. The van der Waals surface area contributed by atoms with Gasteiger partial charge in [0.1, 0.15) is 5.82 Å². The highest BCUT2D eigenvalue weighted by molar-refractivity contribution is 5.92. The number of amides is 2. The lowest BCUT2D eigenvalue weighted by Gasteiger charge is -2.18. The Morgan fingerprint density at radius 2 is 1.92 bits per heavy atom. The summed E-state index contributed by atoms with van der Waals surface area (Å²) in [6.07, 6.45) is 5.89. The van der Waals surface area contributed by atoms with Crippen LogP contribution in [0, 0.1) is 19.8 Å². The summed E-state index contributed by atoms with van der Waals surface area (Å²) in [4.78, 5) is 26.0. The Kier molecular flexibility index (Phi) is 4.06. The Labute approximate surface area is 151 Å². The van der Waals surface area contributed by atoms with E-state index in [2.05, 4.69) is 25.6 Å². The molecule has 2 amide bonds. The Morgan fingerprint density at radius 1 is 1.19 bits per heavy atom. The number of hydrogen-bond donors (Lipinski definition) is 2. The fourth-order valence-corrected chi connectivity index (χ4v) is 3.12. The molecule has 2 heterocycles. The molecule has 2 N–H and O–H groups in total. The van der Waals surface area contributed by atoms with Gasteiger partial charge in [0.05, 0.1) is 28.5 Å². The molecule has 0 unspecified atom stereocenters. The molecule has 3 aromatic rings. The van der Waals surface area contributed by atoms with E-state index >= 15 is 0 Å². The molecule has 0 aliphatic heterocycles. The van der Waals surface area contributed by atoms with Gasteiger partial charge < -0.3 is 15.2 Å². The second-order valence-electron chi connectivity index (χ2n) is 6.91. The lowest BCUT2D eigenvalue weighted by Crippen LogP contribution is -2.35. The molecule has 1 fully saturated rings. The van der Waals surface area contributed by atoms with Crippen LogP contribution in [0.2, 0.25) is 0 Å². The summed E-state index contributed by atoms with van der Waals surface area (Å²) >= 11 is 0. The molecular formula is C19H22N6O. The van der Waals surface area contributed by atoms with Gasteiger partial charge in [0.15, 0.2) is 0 Å². The fourth-order valence-electron chi connectivity index (χ4n) is 3.12. The van der Waals surface area contributed by atoms with Crippen molar-refractivity contribution >= 4 is 22.8 Å². The number of urea groups is 1. The van der Waals surface area contributed by atoms with E-state index in [-0.39, 0.29) is 12.1 Å². The van der Waals surface area contributed by atoms with Crippen molar-refractivity contribution in [3.63, 3.8) is 0 Å². The molecule has 0 radical (unpaired) electrons. The van der Waals surface area contributed by atoms with Crippen molar-refractivity contribution in [2.24, 2.45) is 13.0 Å². The van der Waals surface area contributed by atoms with E-state index in [4.69, 9.17) is 0 Å². The lowest BCUT2D eigenvalue weighted by molar-refractivity contribution is 0.246. The number of imidazole rings is 1. The summed E-state index contributed by atoms with van der Waals surface area (Å²) in [5.41, 5.74) is 4.10. The smallest absolute Gasteiger partial charge is 0.319 e. The zero-order valence-electron chi connectivity index (χ0n) is 15.2. The first-order valence-corrected chi connectivity index (χ1v) is 8.81. The third-order valence-corrected chi connectivity index (χ3v) is 4.85. The van der Waals surface area contributed by atoms with Crippen LogP contribution in [-0.4, -0.2) is 25.6 Å². The van der Waals surface area contributed by atoms with Gasteiger partial charge in [-0.05, 0) is 50.8 Å². The lowest BCUT2D eigenvalue weighted by atomic mass is 10.1. The summed E-state index contributed by atoms with van der Waals surface area (Å²) in [6.45, 7) is 3.87. The number of carbonyl (C=O) groups is 1. The average molecular weight is 350 g/mol. The molecule has 1 atom stereocenters. The van der Waals surface area contributed by atoms with Crippen molar-refractivity contribution in [1.82, 2.24) is 24.8 Å². The standard InChI is InChI=1S/C19H22N6O/c1-11-12(2)22-16-10-14(6-7-15(16)21-11)23-19(26)24-17(13-4-5-13)18-20-8-9-25(18)3/h6-10,13,17H,4-5H2,1-3H3,(H2,23,24,26)/t17-/m0/s1. The summed E-state index contributed by atoms with van der Waals surface area (Å²) in [5, 5.41) is 5.98. The van der Waals surface area contributed by atoms with Crippen LogP contribution in [0.4, 0.5) is 10.5 Å². The van der Waals surface area contributed by atoms with Crippen LogP contribution in [0.15, 0.2) is 30.6 Å². The van der Waals surface area contributed by atoms with Gasteiger partial charge in [0, 0.05) is 25.1 Å². The van der Waals surface area contributed by atoms with Gasteiger partial charge in [-0.15, -0.1) is 0 Å². The molecule has 134 valence electrons. The van der Waals surface area contributed by atoms with Gasteiger partial charge in [-0.25, -0.2) is 19.7 Å². The first-order valence-electron chi connectivity index (χ1n) is 8.81. The van der Waals surface area contributed by atoms with E-state index in [1.54, 1.807) is 6.20 Å². The largest absolute Gasteiger partial charge is 0.336 e. The number of hydrogen-bond acceptors (Lipinski definition) is 4. The molecule has 26 heavy (non-hydrogen) atoms. The van der Waals surface area contributed by atoms with Gasteiger partial charge in [0.2, 0.25) is 0 Å². The molecular weight excluding hydrogens is 328 g/mol. The number of carbonyl (C=O) groups excluding carboxylic acids is 1. The molecule has 0 saturated heterocycles. The molecule has 4 rings (SSSR count). The summed E-state index contributed by atoms with van der Waals surface area (Å²) in [6, 6.07) is 5.27. The Balaban J connectivity index is 1.51. The monoisotopic (exact) mass is 350 g/mol. The van der Waals surface area contributed by atoms with Crippen LogP contribution < -0.4 is 10.6 Å².